The summed E-state index contributed by atoms with van der Waals surface area (Å²) in [5, 5.41) is 21.9. The maximum atomic E-state index is 14.8. The number of ether oxygens (including phenoxy) is 3. The molecule has 3 aliphatic heterocycles. The fraction of sp³-hybridized carbons (Fsp3) is 0.469. The Morgan fingerprint density at radius 1 is 1.15 bits per heavy atom. The van der Waals surface area contributed by atoms with E-state index in [1.807, 2.05) is 18.2 Å². The number of carbonyl (C=O) groups excluding carboxylic acids is 1. The van der Waals surface area contributed by atoms with Crippen LogP contribution < -0.4 is 14.8 Å². The maximum absolute atomic E-state index is 14.8. The predicted molar refractivity (Wildman–Crippen MR) is 162 cm³/mol. The van der Waals surface area contributed by atoms with Crippen molar-refractivity contribution in [2.75, 3.05) is 58.4 Å². The highest BCUT2D eigenvalue weighted by Crippen LogP contribution is 2.36. The summed E-state index contributed by atoms with van der Waals surface area (Å²) in [6.45, 7) is 1.97. The second kappa shape index (κ2) is 13.5. The smallest absolute Gasteiger partial charge is 0.301 e. The monoisotopic (exact) mass is 635 g/mol. The normalized spacial score (nSPS) is 20.4. The Bertz CT molecular complexity index is 1610. The van der Waals surface area contributed by atoms with Gasteiger partial charge in [0.05, 0.1) is 44.2 Å². The van der Waals surface area contributed by atoms with Gasteiger partial charge in [-0.2, -0.15) is 10.2 Å². The van der Waals surface area contributed by atoms with E-state index in [0.717, 1.165) is 49.6 Å². The molecule has 0 spiro atoms. The zero-order valence-electron chi connectivity index (χ0n) is 25.4. The van der Waals surface area contributed by atoms with E-state index in [-0.39, 0.29) is 30.2 Å². The fourth-order valence-electron chi connectivity index (χ4n) is 6.11. The van der Waals surface area contributed by atoms with E-state index in [1.54, 1.807) is 25.4 Å². The lowest BCUT2D eigenvalue weighted by Gasteiger charge is -2.41. The SMILES string of the molecule is COc1nc(Nc2nccc(-c3ccc(OC4CCN(C(=O)CO)CC4(F)F)c(C#N)c3)n2)ccc1C1CCN(C2COC2)CC1. The number of nitriles is 1. The molecule has 3 fully saturated rings. The Morgan fingerprint density at radius 3 is 2.63 bits per heavy atom. The van der Waals surface area contributed by atoms with Crippen LogP contribution in [0.5, 0.6) is 11.6 Å². The third-order valence-electron chi connectivity index (χ3n) is 8.77. The van der Waals surface area contributed by atoms with E-state index in [2.05, 4.69) is 25.2 Å². The molecular weight excluding hydrogens is 600 g/mol. The number of likely N-dealkylation sites (tertiary alicyclic amines) is 2. The molecule has 0 bridgehead atoms. The van der Waals surface area contributed by atoms with Crippen LogP contribution in [0.3, 0.4) is 0 Å². The Morgan fingerprint density at radius 2 is 1.96 bits per heavy atom. The molecule has 1 unspecified atom stereocenters. The van der Waals surface area contributed by atoms with Crippen LogP contribution in [0.1, 0.15) is 36.3 Å². The molecule has 6 rings (SSSR count). The average molecular weight is 636 g/mol. The lowest BCUT2D eigenvalue weighted by atomic mass is 9.89. The van der Waals surface area contributed by atoms with Crippen LogP contribution in [0.2, 0.25) is 0 Å². The van der Waals surface area contributed by atoms with E-state index in [0.29, 0.717) is 34.9 Å². The van der Waals surface area contributed by atoms with Gasteiger partial charge in [0.15, 0.2) is 6.10 Å². The number of piperidine rings is 2. The minimum Gasteiger partial charge on any atom is -0.483 e. The molecule has 0 saturated carbocycles. The number of nitrogens with zero attached hydrogens (tertiary/aromatic N) is 6. The lowest BCUT2D eigenvalue weighted by molar-refractivity contribution is -0.161. The second-order valence-corrected chi connectivity index (χ2v) is 11.6. The number of methoxy groups -OCH3 is 1. The number of halogens is 2. The first-order valence-electron chi connectivity index (χ1n) is 15.2. The minimum absolute atomic E-state index is 0.00405. The number of carbonyl (C=O) groups is 1. The van der Waals surface area contributed by atoms with Crippen LogP contribution in [0.15, 0.2) is 42.6 Å². The lowest BCUT2D eigenvalue weighted by Crippen LogP contribution is -2.55. The van der Waals surface area contributed by atoms with Gasteiger partial charge in [-0.15, -0.1) is 0 Å². The van der Waals surface area contributed by atoms with Gasteiger partial charge in [0.2, 0.25) is 17.7 Å². The molecule has 1 atom stereocenters. The summed E-state index contributed by atoms with van der Waals surface area (Å²) in [6.07, 6.45) is 1.93. The van der Waals surface area contributed by atoms with Gasteiger partial charge in [0, 0.05) is 30.3 Å². The fourth-order valence-corrected chi connectivity index (χ4v) is 6.11. The highest BCUT2D eigenvalue weighted by molar-refractivity contribution is 5.77. The van der Waals surface area contributed by atoms with Gasteiger partial charge in [-0.25, -0.2) is 18.7 Å². The van der Waals surface area contributed by atoms with Crippen LogP contribution in [-0.4, -0.2) is 107 Å². The molecule has 2 aromatic heterocycles. The number of alkyl halides is 2. The molecule has 242 valence electrons. The van der Waals surface area contributed by atoms with Crippen LogP contribution in [0.25, 0.3) is 11.3 Å². The average Bonchev–Trinajstić information content (AvgIpc) is 3.05. The summed E-state index contributed by atoms with van der Waals surface area (Å²) in [7, 11) is 1.61. The summed E-state index contributed by atoms with van der Waals surface area (Å²) < 4.78 is 46.2. The quantitative estimate of drug-likeness (QED) is 0.357. The minimum atomic E-state index is -3.36. The molecule has 5 heterocycles. The van der Waals surface area contributed by atoms with Gasteiger partial charge in [0.25, 0.3) is 0 Å². The van der Waals surface area contributed by atoms with Crippen molar-refractivity contribution < 1.29 is 32.9 Å². The number of nitrogens with one attached hydrogen (secondary N) is 1. The first-order valence-corrected chi connectivity index (χ1v) is 15.2. The molecule has 3 saturated heterocycles. The van der Waals surface area contributed by atoms with Crippen LogP contribution >= 0.6 is 0 Å². The van der Waals surface area contributed by atoms with Crippen molar-refractivity contribution in [3.05, 3.63) is 53.7 Å². The van der Waals surface area contributed by atoms with Crippen molar-refractivity contribution in [1.82, 2.24) is 24.8 Å². The molecule has 12 nitrogen and oxygen atoms in total. The van der Waals surface area contributed by atoms with Gasteiger partial charge in [-0.3, -0.25) is 9.69 Å². The third kappa shape index (κ3) is 6.72. The molecular formula is C32H35F2N7O5. The number of aliphatic hydroxyl groups excluding tert-OH is 1. The van der Waals surface area contributed by atoms with Crippen LogP contribution in [0.4, 0.5) is 20.5 Å². The Hall–Kier alpha value is -4.45. The first kappa shape index (κ1) is 31.5. The summed E-state index contributed by atoms with van der Waals surface area (Å²) in [6, 6.07) is 12.7. The largest absolute Gasteiger partial charge is 0.483 e. The zero-order valence-corrected chi connectivity index (χ0v) is 25.4. The topological polar surface area (TPSA) is 146 Å². The zero-order chi connectivity index (χ0) is 32.3. The number of benzene rings is 1. The van der Waals surface area contributed by atoms with Crippen molar-refractivity contribution in [2.45, 2.75) is 43.2 Å². The van der Waals surface area contributed by atoms with E-state index in [4.69, 9.17) is 19.3 Å². The molecule has 1 amide bonds. The number of hydrogen-bond donors (Lipinski definition) is 2. The molecule has 14 heteroatoms. The first-order chi connectivity index (χ1) is 22.3. The van der Waals surface area contributed by atoms with Crippen molar-refractivity contribution in [3.8, 4) is 29.0 Å². The Labute approximate surface area is 264 Å². The highest BCUT2D eigenvalue weighted by atomic mass is 19.3. The summed E-state index contributed by atoms with van der Waals surface area (Å²) in [4.78, 5) is 28.6. The number of aliphatic hydroxyl groups is 1. The number of amides is 1. The number of pyridine rings is 1. The Kier molecular flexibility index (Phi) is 9.25. The number of anilines is 2. The highest BCUT2D eigenvalue weighted by Gasteiger charge is 2.47. The van der Waals surface area contributed by atoms with Crippen LogP contribution in [0, 0.1) is 11.3 Å². The van der Waals surface area contributed by atoms with Gasteiger partial charge in [-0.05, 0) is 68.2 Å². The number of aromatic nitrogens is 3. The van der Waals surface area contributed by atoms with Gasteiger partial charge >= 0.3 is 5.92 Å². The summed E-state index contributed by atoms with van der Waals surface area (Å²) >= 11 is 0. The molecule has 1 aromatic carbocycles. The molecule has 0 radical (unpaired) electrons. The number of hydrogen-bond acceptors (Lipinski definition) is 11. The van der Waals surface area contributed by atoms with Gasteiger partial charge < -0.3 is 29.5 Å². The van der Waals surface area contributed by atoms with Crippen molar-refractivity contribution >= 4 is 17.7 Å². The summed E-state index contributed by atoms with van der Waals surface area (Å²) in [5.74, 6) is -2.43. The molecule has 2 N–H and O–H groups in total. The summed E-state index contributed by atoms with van der Waals surface area (Å²) in [5.41, 5.74) is 2.18. The molecule has 46 heavy (non-hydrogen) atoms. The number of rotatable bonds is 9. The second-order valence-electron chi connectivity index (χ2n) is 11.6. The van der Waals surface area contributed by atoms with E-state index in [9.17, 15) is 18.8 Å². The molecule has 3 aromatic rings. The van der Waals surface area contributed by atoms with E-state index >= 15 is 0 Å². The predicted octanol–water partition coefficient (Wildman–Crippen LogP) is 3.35. The van der Waals surface area contributed by atoms with E-state index < -0.39 is 31.1 Å². The van der Waals surface area contributed by atoms with Crippen molar-refractivity contribution in [3.63, 3.8) is 0 Å². The molecule has 0 aliphatic carbocycles. The maximum Gasteiger partial charge on any atom is 0.301 e. The Balaban J connectivity index is 1.13. The van der Waals surface area contributed by atoms with Gasteiger partial charge in [0.1, 0.15) is 24.2 Å². The molecule has 3 aliphatic rings. The van der Waals surface area contributed by atoms with E-state index in [1.165, 1.54) is 12.1 Å². The standard InChI is InChI=1S/C32H35F2N7O5/c1-44-30-24(20-7-11-40(12-8-20)23-17-45-18-23)3-5-28(38-30)39-31-36-10-6-25(37-31)21-2-4-26(22(14-21)15-35)46-27-9-13-41(29(43)16-42)19-32(27,33)34/h2-6,10,14,20,23,27,42H,7-9,11-13,16-19H2,1H3,(H,36,37,38,39). The third-order valence-corrected chi connectivity index (χ3v) is 8.77. The van der Waals surface area contributed by atoms with Crippen LogP contribution in [-0.2, 0) is 9.53 Å². The van der Waals surface area contributed by atoms with Gasteiger partial charge in [-0.1, -0.05) is 0 Å². The van der Waals surface area contributed by atoms with Crippen molar-refractivity contribution in [1.29, 1.82) is 5.26 Å². The van der Waals surface area contributed by atoms with Crippen molar-refractivity contribution in [2.24, 2.45) is 0 Å².